The molecule has 2 aromatic carbocycles. The van der Waals surface area contributed by atoms with Gasteiger partial charge in [0.05, 0.1) is 0 Å². The molecule has 0 bridgehead atoms. The molecular weight excluding hydrogens is 242 g/mol. The maximum Gasteiger partial charge on any atom is 0.167 e. The summed E-state index contributed by atoms with van der Waals surface area (Å²) in [6, 6.07) is 7.75. The van der Waals surface area contributed by atoms with Gasteiger partial charge in [0.2, 0.25) is 0 Å². The van der Waals surface area contributed by atoms with Crippen LogP contribution in [-0.2, 0) is 12.8 Å². The van der Waals surface area contributed by atoms with E-state index in [1.807, 2.05) is 32.0 Å². The predicted octanol–water partition coefficient (Wildman–Crippen LogP) is 4.80. The summed E-state index contributed by atoms with van der Waals surface area (Å²) in [6.45, 7) is 3.99. The molecule has 1 aliphatic carbocycles. The lowest BCUT2D eigenvalue weighted by Gasteiger charge is -2.08. The van der Waals surface area contributed by atoms with E-state index in [9.17, 15) is 8.78 Å². The molecule has 0 atom stereocenters. The summed E-state index contributed by atoms with van der Waals surface area (Å²) in [7, 11) is 0. The van der Waals surface area contributed by atoms with E-state index in [1.54, 1.807) is 0 Å². The Labute approximate surface area is 112 Å². The third-order valence-electron chi connectivity index (χ3n) is 3.79. The number of halogens is 2. The molecule has 0 unspecified atom stereocenters. The van der Waals surface area contributed by atoms with Crippen LogP contribution in [0.15, 0.2) is 24.3 Å². The molecule has 3 rings (SSSR count). The SMILES string of the molecule is CCCc1cc2c(c(F)c1F)-c1ccc(C)cc1C2. The Morgan fingerprint density at radius 1 is 1.05 bits per heavy atom. The number of benzene rings is 2. The molecule has 0 saturated carbocycles. The van der Waals surface area contributed by atoms with Crippen molar-refractivity contribution in [1.29, 1.82) is 0 Å². The van der Waals surface area contributed by atoms with Crippen molar-refractivity contribution in [3.63, 3.8) is 0 Å². The van der Waals surface area contributed by atoms with E-state index in [4.69, 9.17) is 0 Å². The van der Waals surface area contributed by atoms with Crippen LogP contribution < -0.4 is 0 Å². The number of aryl methyl sites for hydroxylation is 2. The van der Waals surface area contributed by atoms with Crippen molar-refractivity contribution >= 4 is 0 Å². The molecule has 0 fully saturated rings. The van der Waals surface area contributed by atoms with E-state index in [1.165, 1.54) is 0 Å². The third kappa shape index (κ3) is 1.86. The molecule has 0 heterocycles. The zero-order chi connectivity index (χ0) is 13.6. The van der Waals surface area contributed by atoms with Crippen molar-refractivity contribution in [2.45, 2.75) is 33.1 Å². The van der Waals surface area contributed by atoms with E-state index in [2.05, 4.69) is 6.07 Å². The minimum atomic E-state index is -0.677. The molecule has 0 nitrogen and oxygen atoms in total. The molecule has 0 spiro atoms. The Balaban J connectivity index is 2.21. The summed E-state index contributed by atoms with van der Waals surface area (Å²) >= 11 is 0. The molecule has 0 saturated heterocycles. The van der Waals surface area contributed by atoms with Crippen molar-refractivity contribution in [2.24, 2.45) is 0 Å². The van der Waals surface area contributed by atoms with Crippen LogP contribution in [0.5, 0.6) is 0 Å². The van der Waals surface area contributed by atoms with Crippen molar-refractivity contribution < 1.29 is 8.78 Å². The van der Waals surface area contributed by atoms with Gasteiger partial charge in [-0.2, -0.15) is 0 Å². The molecule has 0 N–H and O–H groups in total. The van der Waals surface area contributed by atoms with E-state index in [0.717, 1.165) is 28.7 Å². The lowest BCUT2D eigenvalue weighted by atomic mass is 9.99. The highest BCUT2D eigenvalue weighted by molar-refractivity contribution is 5.78. The lowest BCUT2D eigenvalue weighted by Crippen LogP contribution is -1.98. The van der Waals surface area contributed by atoms with Crippen molar-refractivity contribution in [3.05, 3.63) is 58.2 Å². The van der Waals surface area contributed by atoms with Gasteiger partial charge in [0, 0.05) is 5.56 Å². The van der Waals surface area contributed by atoms with Crippen LogP contribution in [0.2, 0.25) is 0 Å². The fourth-order valence-corrected chi connectivity index (χ4v) is 2.94. The predicted molar refractivity (Wildman–Crippen MR) is 73.3 cm³/mol. The van der Waals surface area contributed by atoms with Gasteiger partial charge in [-0.05, 0) is 42.0 Å². The van der Waals surface area contributed by atoms with Gasteiger partial charge in [0.1, 0.15) is 0 Å². The average molecular weight is 258 g/mol. The largest absolute Gasteiger partial charge is 0.203 e. The second kappa shape index (κ2) is 4.44. The summed E-state index contributed by atoms with van der Waals surface area (Å²) in [6.07, 6.45) is 2.12. The molecule has 2 aromatic rings. The molecule has 0 amide bonds. The first-order valence-corrected chi connectivity index (χ1v) is 6.71. The topological polar surface area (TPSA) is 0 Å². The maximum atomic E-state index is 14.3. The lowest BCUT2D eigenvalue weighted by molar-refractivity contribution is 0.500. The summed E-state index contributed by atoms with van der Waals surface area (Å²) < 4.78 is 28.3. The molecular formula is C17H16F2. The maximum absolute atomic E-state index is 14.3. The minimum absolute atomic E-state index is 0.465. The van der Waals surface area contributed by atoms with Crippen LogP contribution in [0.3, 0.4) is 0 Å². The summed E-state index contributed by atoms with van der Waals surface area (Å²) in [5.41, 5.74) is 4.99. The fourth-order valence-electron chi connectivity index (χ4n) is 2.94. The number of fused-ring (bicyclic) bond motifs is 3. The van der Waals surface area contributed by atoms with Gasteiger partial charge in [-0.25, -0.2) is 8.78 Å². The van der Waals surface area contributed by atoms with Crippen LogP contribution in [0.1, 0.15) is 35.6 Å². The molecule has 0 radical (unpaired) electrons. The summed E-state index contributed by atoms with van der Waals surface area (Å²) in [4.78, 5) is 0. The Morgan fingerprint density at radius 2 is 1.84 bits per heavy atom. The van der Waals surface area contributed by atoms with Gasteiger partial charge < -0.3 is 0 Å². The zero-order valence-electron chi connectivity index (χ0n) is 11.2. The highest BCUT2D eigenvalue weighted by atomic mass is 19.2. The monoisotopic (exact) mass is 258 g/mol. The summed E-state index contributed by atoms with van der Waals surface area (Å²) in [5, 5.41) is 0. The molecule has 0 aromatic heterocycles. The quantitative estimate of drug-likeness (QED) is 0.619. The van der Waals surface area contributed by atoms with Crippen molar-refractivity contribution in [3.8, 4) is 11.1 Å². The van der Waals surface area contributed by atoms with Crippen LogP contribution in [0.4, 0.5) is 8.78 Å². The highest BCUT2D eigenvalue weighted by Crippen LogP contribution is 2.40. The second-order valence-electron chi connectivity index (χ2n) is 5.29. The Hall–Kier alpha value is -1.70. The van der Waals surface area contributed by atoms with Crippen molar-refractivity contribution in [2.75, 3.05) is 0 Å². The highest BCUT2D eigenvalue weighted by Gasteiger charge is 2.26. The number of hydrogen-bond acceptors (Lipinski definition) is 0. The summed E-state index contributed by atoms with van der Waals surface area (Å²) in [5.74, 6) is -1.35. The first-order chi connectivity index (χ1) is 9.11. The van der Waals surface area contributed by atoms with Crippen LogP contribution in [0.25, 0.3) is 11.1 Å². The number of rotatable bonds is 2. The van der Waals surface area contributed by atoms with Gasteiger partial charge in [-0.15, -0.1) is 0 Å². The normalized spacial score (nSPS) is 12.4. The smallest absolute Gasteiger partial charge is 0.167 e. The molecule has 98 valence electrons. The number of hydrogen-bond donors (Lipinski definition) is 0. The van der Waals surface area contributed by atoms with Gasteiger partial charge in [0.25, 0.3) is 0 Å². The van der Waals surface area contributed by atoms with Gasteiger partial charge in [0.15, 0.2) is 11.6 Å². The Bertz CT molecular complexity index is 657. The second-order valence-corrected chi connectivity index (χ2v) is 5.29. The van der Waals surface area contributed by atoms with Gasteiger partial charge in [-0.1, -0.05) is 43.2 Å². The van der Waals surface area contributed by atoms with Crippen LogP contribution >= 0.6 is 0 Å². The average Bonchev–Trinajstić information content (AvgIpc) is 2.73. The van der Waals surface area contributed by atoms with E-state index >= 15 is 0 Å². The van der Waals surface area contributed by atoms with Crippen molar-refractivity contribution in [1.82, 2.24) is 0 Å². The fraction of sp³-hybridized carbons (Fsp3) is 0.294. The molecule has 19 heavy (non-hydrogen) atoms. The zero-order valence-corrected chi connectivity index (χ0v) is 11.2. The van der Waals surface area contributed by atoms with Crippen LogP contribution in [0, 0.1) is 18.6 Å². The van der Waals surface area contributed by atoms with E-state index in [-0.39, 0.29) is 0 Å². The molecule has 2 heteroatoms. The Morgan fingerprint density at radius 3 is 2.58 bits per heavy atom. The third-order valence-corrected chi connectivity index (χ3v) is 3.79. The Kier molecular flexibility index (Phi) is 2.89. The minimum Gasteiger partial charge on any atom is -0.203 e. The first kappa shape index (κ1) is 12.3. The van der Waals surface area contributed by atoms with Gasteiger partial charge >= 0.3 is 0 Å². The first-order valence-electron chi connectivity index (χ1n) is 6.71. The standard InChI is InChI=1S/C17H16F2/c1-3-4-11-8-13-9-12-7-10(2)5-6-14(12)15(13)17(19)16(11)18/h5-8H,3-4,9H2,1-2H3. The van der Waals surface area contributed by atoms with E-state index < -0.39 is 11.6 Å². The van der Waals surface area contributed by atoms with Crippen LogP contribution in [-0.4, -0.2) is 0 Å². The van der Waals surface area contributed by atoms with Gasteiger partial charge in [-0.3, -0.25) is 0 Å². The molecule has 0 aliphatic heterocycles. The molecule has 1 aliphatic rings. The van der Waals surface area contributed by atoms with E-state index in [0.29, 0.717) is 24.0 Å².